The second-order valence-electron chi connectivity index (χ2n) is 9.57. The molecule has 3 aromatic carbocycles. The highest BCUT2D eigenvalue weighted by Crippen LogP contribution is 2.35. The van der Waals surface area contributed by atoms with E-state index >= 15 is 0 Å². The van der Waals surface area contributed by atoms with Crippen LogP contribution in [0.15, 0.2) is 73.4 Å². The predicted octanol–water partition coefficient (Wildman–Crippen LogP) is 9.41. The molecule has 6 heteroatoms. The molecular weight excluding hydrogens is 487 g/mol. The summed E-state index contributed by atoms with van der Waals surface area (Å²) in [5.74, 6) is 0.533. The second kappa shape index (κ2) is 13.9. The lowest BCUT2D eigenvalue weighted by Crippen LogP contribution is -2.18. The number of hydrogen-bond acceptors (Lipinski definition) is 3. The molecule has 38 heavy (non-hydrogen) atoms. The summed E-state index contributed by atoms with van der Waals surface area (Å²) >= 11 is 0. The number of unbranched alkanes of at least 4 members (excludes halogenated alkanes) is 3. The van der Waals surface area contributed by atoms with Crippen molar-refractivity contribution >= 4 is 5.69 Å². The second-order valence-corrected chi connectivity index (χ2v) is 9.57. The Morgan fingerprint density at radius 1 is 0.868 bits per heavy atom. The van der Waals surface area contributed by atoms with E-state index in [0.29, 0.717) is 6.61 Å². The van der Waals surface area contributed by atoms with E-state index in [0.717, 1.165) is 67.6 Å². The highest BCUT2D eigenvalue weighted by atomic mass is 19.4. The van der Waals surface area contributed by atoms with Crippen LogP contribution in [-0.2, 0) is 6.42 Å². The van der Waals surface area contributed by atoms with Gasteiger partial charge in [0, 0.05) is 6.54 Å². The number of aryl methyl sites for hydroxylation is 3. The Labute approximate surface area is 224 Å². The molecule has 3 rings (SSSR count). The van der Waals surface area contributed by atoms with Crippen LogP contribution in [0.1, 0.15) is 55.7 Å². The molecule has 0 N–H and O–H groups in total. The number of anilines is 1. The standard InChI is InChI=1S/C32H38F3NO2/c1-5-7-10-21-37-31-19-16-28(26-14-17-29(18-15-26)38-32(33,34)35)23-30(31)36(6-2)20-9-8-11-27-22-24(3)12-13-25(27)4/h6,12-19,22-23H,2,5,7-11,20-21H2,1,3-4H3. The minimum absolute atomic E-state index is 0.242. The normalized spacial score (nSPS) is 11.3. The molecule has 0 unspecified atom stereocenters. The number of benzene rings is 3. The van der Waals surface area contributed by atoms with Crippen molar-refractivity contribution in [3.8, 4) is 22.6 Å². The van der Waals surface area contributed by atoms with Gasteiger partial charge in [0.2, 0.25) is 0 Å². The molecule has 3 aromatic rings. The number of alkyl halides is 3. The van der Waals surface area contributed by atoms with Crippen molar-refractivity contribution in [1.82, 2.24) is 0 Å². The monoisotopic (exact) mass is 525 g/mol. The molecule has 0 fully saturated rings. The molecular formula is C32H38F3NO2. The van der Waals surface area contributed by atoms with Gasteiger partial charge in [0.15, 0.2) is 0 Å². The van der Waals surface area contributed by atoms with Crippen LogP contribution in [0, 0.1) is 13.8 Å². The van der Waals surface area contributed by atoms with Gasteiger partial charge < -0.3 is 14.4 Å². The first-order valence-electron chi connectivity index (χ1n) is 13.3. The number of hydrogen-bond donors (Lipinski definition) is 0. The van der Waals surface area contributed by atoms with Crippen LogP contribution in [0.25, 0.3) is 11.1 Å². The van der Waals surface area contributed by atoms with Crippen LogP contribution in [0.4, 0.5) is 18.9 Å². The van der Waals surface area contributed by atoms with Crippen LogP contribution in [0.3, 0.4) is 0 Å². The number of halogens is 3. The van der Waals surface area contributed by atoms with Gasteiger partial charge in [-0.05, 0) is 92.2 Å². The SMILES string of the molecule is C=CN(CCCCc1cc(C)ccc1C)c1cc(-c2ccc(OC(F)(F)F)cc2)ccc1OCCCCC. The third-order valence-electron chi connectivity index (χ3n) is 6.52. The van der Waals surface area contributed by atoms with Crippen molar-refractivity contribution in [2.45, 2.75) is 65.7 Å². The van der Waals surface area contributed by atoms with Crippen molar-refractivity contribution in [2.75, 3.05) is 18.1 Å². The molecule has 3 nitrogen and oxygen atoms in total. The van der Waals surface area contributed by atoms with Crippen LogP contribution in [0.2, 0.25) is 0 Å². The molecule has 0 saturated heterocycles. The summed E-state index contributed by atoms with van der Waals surface area (Å²) in [6, 6.07) is 18.4. The lowest BCUT2D eigenvalue weighted by atomic mass is 10.0. The third kappa shape index (κ3) is 8.86. The van der Waals surface area contributed by atoms with E-state index < -0.39 is 6.36 Å². The van der Waals surface area contributed by atoms with Crippen LogP contribution in [0.5, 0.6) is 11.5 Å². The zero-order valence-corrected chi connectivity index (χ0v) is 22.6. The van der Waals surface area contributed by atoms with Gasteiger partial charge in [-0.3, -0.25) is 0 Å². The molecule has 0 spiro atoms. The fraction of sp³-hybridized carbons (Fsp3) is 0.375. The average molecular weight is 526 g/mol. The van der Waals surface area contributed by atoms with Gasteiger partial charge in [0.25, 0.3) is 0 Å². The van der Waals surface area contributed by atoms with Gasteiger partial charge in [-0.2, -0.15) is 0 Å². The van der Waals surface area contributed by atoms with E-state index in [2.05, 4.69) is 55.2 Å². The molecule has 0 aliphatic rings. The van der Waals surface area contributed by atoms with Gasteiger partial charge in [-0.25, -0.2) is 0 Å². The molecule has 0 radical (unpaired) electrons. The van der Waals surface area contributed by atoms with Crippen molar-refractivity contribution in [2.24, 2.45) is 0 Å². The van der Waals surface area contributed by atoms with E-state index in [-0.39, 0.29) is 5.75 Å². The van der Waals surface area contributed by atoms with Crippen LogP contribution in [-0.4, -0.2) is 19.5 Å². The van der Waals surface area contributed by atoms with Crippen LogP contribution >= 0.6 is 0 Å². The molecule has 0 bridgehead atoms. The van der Waals surface area contributed by atoms with Gasteiger partial charge in [0.05, 0.1) is 12.3 Å². The topological polar surface area (TPSA) is 21.7 Å². The molecule has 0 aromatic heterocycles. The summed E-state index contributed by atoms with van der Waals surface area (Å²) in [6.45, 7) is 11.9. The van der Waals surface area contributed by atoms with Gasteiger partial charge in [-0.1, -0.05) is 68.3 Å². The van der Waals surface area contributed by atoms with Crippen LogP contribution < -0.4 is 14.4 Å². The Hall–Kier alpha value is -3.41. The van der Waals surface area contributed by atoms with E-state index in [4.69, 9.17) is 4.74 Å². The first-order chi connectivity index (χ1) is 18.2. The maximum absolute atomic E-state index is 12.6. The molecule has 0 amide bonds. The Kier molecular flexibility index (Phi) is 10.7. The predicted molar refractivity (Wildman–Crippen MR) is 150 cm³/mol. The molecule has 0 aliphatic heterocycles. The van der Waals surface area contributed by atoms with Gasteiger partial charge in [0.1, 0.15) is 11.5 Å². The summed E-state index contributed by atoms with van der Waals surface area (Å²) in [5, 5.41) is 0. The van der Waals surface area contributed by atoms with Crippen molar-refractivity contribution in [3.63, 3.8) is 0 Å². The average Bonchev–Trinajstić information content (AvgIpc) is 2.88. The Morgan fingerprint density at radius 3 is 2.29 bits per heavy atom. The minimum Gasteiger partial charge on any atom is -0.491 e. The Balaban J connectivity index is 1.76. The maximum atomic E-state index is 12.6. The Bertz CT molecular complexity index is 1170. The number of rotatable bonds is 14. The first kappa shape index (κ1) is 29.2. The quantitative estimate of drug-likeness (QED) is 0.196. The molecule has 204 valence electrons. The third-order valence-corrected chi connectivity index (χ3v) is 6.52. The first-order valence-corrected chi connectivity index (χ1v) is 13.3. The minimum atomic E-state index is -4.71. The highest BCUT2D eigenvalue weighted by Gasteiger charge is 2.31. The Morgan fingerprint density at radius 2 is 1.61 bits per heavy atom. The van der Waals surface area contributed by atoms with E-state index in [9.17, 15) is 13.2 Å². The summed E-state index contributed by atoms with van der Waals surface area (Å²) < 4.78 is 47.8. The van der Waals surface area contributed by atoms with E-state index in [1.165, 1.54) is 28.8 Å². The summed E-state index contributed by atoms with van der Waals surface area (Å²) in [4.78, 5) is 2.10. The fourth-order valence-corrected chi connectivity index (χ4v) is 4.40. The lowest BCUT2D eigenvalue weighted by molar-refractivity contribution is -0.274. The summed E-state index contributed by atoms with van der Waals surface area (Å²) in [6.07, 6.45) is 3.33. The largest absolute Gasteiger partial charge is 0.573 e. The molecule has 0 saturated carbocycles. The van der Waals surface area contributed by atoms with E-state index in [1.807, 2.05) is 24.4 Å². The fourth-order valence-electron chi connectivity index (χ4n) is 4.40. The highest BCUT2D eigenvalue weighted by molar-refractivity contribution is 5.73. The lowest BCUT2D eigenvalue weighted by Gasteiger charge is -2.24. The maximum Gasteiger partial charge on any atom is 0.573 e. The zero-order chi connectivity index (χ0) is 27.5. The van der Waals surface area contributed by atoms with Crippen molar-refractivity contribution < 1.29 is 22.6 Å². The van der Waals surface area contributed by atoms with Gasteiger partial charge in [-0.15, -0.1) is 13.2 Å². The van der Waals surface area contributed by atoms with Crippen molar-refractivity contribution in [1.29, 1.82) is 0 Å². The van der Waals surface area contributed by atoms with Crippen molar-refractivity contribution in [3.05, 3.63) is 90.1 Å². The smallest absolute Gasteiger partial charge is 0.491 e. The molecule has 0 atom stereocenters. The molecule has 0 aliphatic carbocycles. The molecule has 0 heterocycles. The number of ether oxygens (including phenoxy) is 2. The van der Waals surface area contributed by atoms with Gasteiger partial charge >= 0.3 is 6.36 Å². The zero-order valence-electron chi connectivity index (χ0n) is 22.6. The number of nitrogens with zero attached hydrogens (tertiary/aromatic N) is 1. The summed E-state index contributed by atoms with van der Waals surface area (Å²) in [7, 11) is 0. The summed E-state index contributed by atoms with van der Waals surface area (Å²) in [5.41, 5.74) is 6.54. The van der Waals surface area contributed by atoms with E-state index in [1.54, 1.807) is 12.1 Å².